The fraction of sp³-hybridized carbons (Fsp3) is 0.100. The number of nitrogens with two attached hydrogens (primary N) is 3. The number of hydrogen-bond acceptors (Lipinski definition) is 9. The van der Waals surface area contributed by atoms with Gasteiger partial charge in [0.15, 0.2) is 5.82 Å². The van der Waals surface area contributed by atoms with Crippen LogP contribution in [0.3, 0.4) is 0 Å². The summed E-state index contributed by atoms with van der Waals surface area (Å²) < 4.78 is 1.90. The molecule has 14 heteroatoms. The quantitative estimate of drug-likeness (QED) is 0.250. The number of aryl methyl sites for hydroxylation is 1. The lowest BCUT2D eigenvalue weighted by molar-refractivity contribution is 0.898. The van der Waals surface area contributed by atoms with Crippen LogP contribution in [-0.2, 0) is 12.8 Å². The summed E-state index contributed by atoms with van der Waals surface area (Å²) in [6, 6.07) is 5.46. The summed E-state index contributed by atoms with van der Waals surface area (Å²) in [7, 11) is 0. The van der Waals surface area contributed by atoms with Crippen LogP contribution in [0.25, 0.3) is 0 Å². The van der Waals surface area contributed by atoms with E-state index in [4.69, 9.17) is 40.4 Å². The molecule has 178 valence electrons. The van der Waals surface area contributed by atoms with E-state index in [1.807, 2.05) is 18.2 Å². The Balaban J connectivity index is 0.000000211. The van der Waals surface area contributed by atoms with Gasteiger partial charge < -0.3 is 17.2 Å². The molecule has 1 aromatic carbocycles. The molecule has 0 bridgehead atoms. The molecule has 34 heavy (non-hydrogen) atoms. The fourth-order valence-corrected chi connectivity index (χ4v) is 3.99. The summed E-state index contributed by atoms with van der Waals surface area (Å²) in [5, 5.41) is 1.31. The van der Waals surface area contributed by atoms with E-state index >= 15 is 0 Å². The maximum Gasteiger partial charge on any atom is 0.156 e. The predicted molar refractivity (Wildman–Crippen MR) is 146 cm³/mol. The molecule has 4 rings (SSSR count). The van der Waals surface area contributed by atoms with Crippen LogP contribution in [0.15, 0.2) is 63.0 Å². The number of rotatable bonds is 3. The topological polar surface area (TPSA) is 155 Å². The molecule has 3 aromatic heterocycles. The normalized spacial score (nSPS) is 9.91. The average molecular weight is 695 g/mol. The SMILES string of the molecule is Nc1cnccn1.Nc1ncc(Br)nc1Br.Nc1ncc(Br)nc1CCc1c(Cl)cccc1Cl. The number of hydrogen-bond donors (Lipinski definition) is 3. The van der Waals surface area contributed by atoms with Crippen molar-refractivity contribution in [2.75, 3.05) is 17.2 Å². The Morgan fingerprint density at radius 2 is 1.35 bits per heavy atom. The Labute approximate surface area is 231 Å². The van der Waals surface area contributed by atoms with E-state index in [1.54, 1.807) is 24.8 Å². The number of anilines is 3. The number of benzene rings is 1. The standard InChI is InChI=1S/C12H10BrCl2N3.C4H3Br2N3.C4H5N3/c13-11-6-17-12(16)10(18-11)5-4-7-8(14)2-1-3-9(7)15;5-2-1-8-4(7)3(6)9-2;5-4-3-6-1-2-7-4/h1-3,6H,4-5H2,(H2,16,17);1H,(H2,7,8);1-3H,(H2,5,7). The molecule has 0 fully saturated rings. The zero-order valence-electron chi connectivity index (χ0n) is 17.3. The summed E-state index contributed by atoms with van der Waals surface area (Å²) >= 11 is 21.7. The first-order valence-electron chi connectivity index (χ1n) is 9.32. The molecule has 0 saturated carbocycles. The molecular formula is C20H18Br3Cl2N9. The van der Waals surface area contributed by atoms with E-state index in [9.17, 15) is 0 Å². The molecule has 9 nitrogen and oxygen atoms in total. The van der Waals surface area contributed by atoms with Gasteiger partial charge in [-0.2, -0.15) is 0 Å². The van der Waals surface area contributed by atoms with E-state index in [0.717, 1.165) is 11.3 Å². The van der Waals surface area contributed by atoms with Crippen molar-refractivity contribution in [3.63, 3.8) is 0 Å². The van der Waals surface area contributed by atoms with Gasteiger partial charge in [0.05, 0.1) is 24.3 Å². The third kappa shape index (κ3) is 9.63. The Morgan fingerprint density at radius 3 is 1.85 bits per heavy atom. The molecule has 6 N–H and O–H groups in total. The highest BCUT2D eigenvalue weighted by Gasteiger charge is 2.09. The van der Waals surface area contributed by atoms with Crippen molar-refractivity contribution in [1.29, 1.82) is 0 Å². The zero-order chi connectivity index (χ0) is 25.1. The fourth-order valence-electron chi connectivity index (χ4n) is 2.28. The van der Waals surface area contributed by atoms with Crippen molar-refractivity contribution in [1.82, 2.24) is 29.9 Å². The molecule has 0 aliphatic carbocycles. The molecule has 3 heterocycles. The molecule has 0 unspecified atom stereocenters. The van der Waals surface area contributed by atoms with E-state index in [1.165, 1.54) is 6.20 Å². The van der Waals surface area contributed by atoms with E-state index < -0.39 is 0 Å². The molecule has 0 spiro atoms. The maximum atomic E-state index is 6.11. The van der Waals surface area contributed by atoms with Crippen molar-refractivity contribution in [2.45, 2.75) is 12.8 Å². The first-order valence-corrected chi connectivity index (χ1v) is 12.5. The maximum absolute atomic E-state index is 6.11. The van der Waals surface area contributed by atoms with Crippen molar-refractivity contribution >= 4 is 88.4 Å². The second-order valence-electron chi connectivity index (χ2n) is 6.22. The Kier molecular flexibility index (Phi) is 11.8. The highest BCUT2D eigenvalue weighted by atomic mass is 79.9. The lowest BCUT2D eigenvalue weighted by Crippen LogP contribution is -2.03. The molecule has 0 aliphatic heterocycles. The van der Waals surface area contributed by atoms with Gasteiger partial charge in [0.1, 0.15) is 25.4 Å². The minimum atomic E-state index is 0.401. The summed E-state index contributed by atoms with van der Waals surface area (Å²) in [6.07, 6.45) is 9.06. The van der Waals surface area contributed by atoms with Crippen LogP contribution in [0.1, 0.15) is 11.3 Å². The van der Waals surface area contributed by atoms with Gasteiger partial charge in [-0.15, -0.1) is 0 Å². The van der Waals surface area contributed by atoms with E-state index in [2.05, 4.69) is 77.7 Å². The molecule has 0 saturated heterocycles. The molecule has 0 radical (unpaired) electrons. The minimum Gasteiger partial charge on any atom is -0.382 e. The van der Waals surface area contributed by atoms with E-state index in [-0.39, 0.29) is 0 Å². The van der Waals surface area contributed by atoms with Gasteiger partial charge in [0, 0.05) is 22.4 Å². The summed E-state index contributed by atoms with van der Waals surface area (Å²) in [6.45, 7) is 0. The molecule has 4 aromatic rings. The van der Waals surface area contributed by atoms with E-state index in [0.29, 0.717) is 54.2 Å². The van der Waals surface area contributed by atoms with Gasteiger partial charge in [-0.25, -0.2) is 24.9 Å². The predicted octanol–water partition coefficient (Wildman–Crippen LogP) is 5.56. The Bertz CT molecular complexity index is 1200. The first kappa shape index (κ1) is 28.1. The third-order valence-corrected chi connectivity index (χ3v) is 5.89. The summed E-state index contributed by atoms with van der Waals surface area (Å²) in [5.41, 5.74) is 17.9. The second kappa shape index (κ2) is 14.3. The highest BCUT2D eigenvalue weighted by Crippen LogP contribution is 2.26. The van der Waals surface area contributed by atoms with Gasteiger partial charge in [-0.05, 0) is 78.3 Å². The van der Waals surface area contributed by atoms with Crippen LogP contribution < -0.4 is 17.2 Å². The van der Waals surface area contributed by atoms with Crippen LogP contribution >= 0.6 is 71.0 Å². The van der Waals surface area contributed by atoms with Crippen LogP contribution in [0.4, 0.5) is 17.5 Å². The summed E-state index contributed by atoms with van der Waals surface area (Å²) in [4.78, 5) is 23.4. The smallest absolute Gasteiger partial charge is 0.156 e. The lowest BCUT2D eigenvalue weighted by Gasteiger charge is -2.07. The zero-order valence-corrected chi connectivity index (χ0v) is 23.6. The number of aromatic nitrogens is 6. The minimum absolute atomic E-state index is 0.401. The number of nitrogens with zero attached hydrogens (tertiary/aromatic N) is 6. The molecule has 0 atom stereocenters. The monoisotopic (exact) mass is 691 g/mol. The van der Waals surface area contributed by atoms with Crippen molar-refractivity contribution in [3.05, 3.63) is 84.3 Å². The van der Waals surface area contributed by atoms with Crippen LogP contribution in [-0.4, -0.2) is 29.9 Å². The molecule has 0 aliphatic rings. The largest absolute Gasteiger partial charge is 0.382 e. The van der Waals surface area contributed by atoms with Crippen molar-refractivity contribution in [2.24, 2.45) is 0 Å². The Hall–Kier alpha value is -2.12. The highest BCUT2D eigenvalue weighted by molar-refractivity contribution is 9.11. The van der Waals surface area contributed by atoms with Crippen LogP contribution in [0.5, 0.6) is 0 Å². The first-order chi connectivity index (χ1) is 16.2. The van der Waals surface area contributed by atoms with Crippen LogP contribution in [0.2, 0.25) is 10.0 Å². The van der Waals surface area contributed by atoms with Gasteiger partial charge >= 0.3 is 0 Å². The van der Waals surface area contributed by atoms with Gasteiger partial charge in [0.2, 0.25) is 0 Å². The molecule has 0 amide bonds. The lowest BCUT2D eigenvalue weighted by atomic mass is 10.1. The van der Waals surface area contributed by atoms with Gasteiger partial charge in [-0.1, -0.05) is 29.3 Å². The third-order valence-electron chi connectivity index (χ3n) is 3.83. The van der Waals surface area contributed by atoms with Gasteiger partial charge in [0.25, 0.3) is 0 Å². The van der Waals surface area contributed by atoms with Crippen molar-refractivity contribution in [3.8, 4) is 0 Å². The number of halogens is 5. The average Bonchev–Trinajstić information content (AvgIpc) is 2.80. The van der Waals surface area contributed by atoms with Crippen molar-refractivity contribution < 1.29 is 0 Å². The Morgan fingerprint density at radius 1 is 0.735 bits per heavy atom. The molecular weight excluding hydrogens is 677 g/mol. The van der Waals surface area contributed by atoms with Gasteiger partial charge in [-0.3, -0.25) is 4.98 Å². The number of nitrogen functional groups attached to an aromatic ring is 3. The second-order valence-corrected chi connectivity index (χ2v) is 9.41. The van der Waals surface area contributed by atoms with Crippen LogP contribution in [0, 0.1) is 0 Å². The summed E-state index contributed by atoms with van der Waals surface area (Å²) in [5.74, 6) is 1.29.